The van der Waals surface area contributed by atoms with Gasteiger partial charge in [0.05, 0.1) is 12.3 Å². The smallest absolute Gasteiger partial charge is 0.122 e. The molecule has 0 saturated carbocycles. The molecule has 0 radical (unpaired) electrons. The van der Waals surface area contributed by atoms with Crippen molar-refractivity contribution in [1.82, 2.24) is 10.2 Å². The maximum atomic E-state index is 5.52. The first-order valence-electron chi connectivity index (χ1n) is 7.04. The van der Waals surface area contributed by atoms with E-state index in [9.17, 15) is 0 Å². The maximum absolute atomic E-state index is 5.52. The van der Waals surface area contributed by atoms with Crippen LogP contribution in [0.2, 0.25) is 0 Å². The van der Waals surface area contributed by atoms with Crippen molar-refractivity contribution in [3.8, 4) is 0 Å². The van der Waals surface area contributed by atoms with E-state index >= 15 is 0 Å². The third-order valence-electron chi connectivity index (χ3n) is 3.65. The van der Waals surface area contributed by atoms with E-state index in [1.54, 1.807) is 6.26 Å². The van der Waals surface area contributed by atoms with Crippen LogP contribution in [0.5, 0.6) is 0 Å². The van der Waals surface area contributed by atoms with E-state index in [0.717, 1.165) is 18.8 Å². The minimum Gasteiger partial charge on any atom is -0.468 e. The summed E-state index contributed by atoms with van der Waals surface area (Å²) in [7, 11) is 4.15. The second-order valence-corrected chi connectivity index (χ2v) is 5.56. The van der Waals surface area contributed by atoms with Crippen molar-refractivity contribution in [3.63, 3.8) is 0 Å². The molecule has 1 unspecified atom stereocenters. The van der Waals surface area contributed by atoms with Crippen molar-refractivity contribution in [1.29, 1.82) is 0 Å². The van der Waals surface area contributed by atoms with Crippen LogP contribution in [0, 0.1) is 13.8 Å². The van der Waals surface area contributed by atoms with Crippen molar-refractivity contribution in [3.05, 3.63) is 59.0 Å². The zero-order chi connectivity index (χ0) is 14.5. The first-order valence-corrected chi connectivity index (χ1v) is 7.04. The maximum Gasteiger partial charge on any atom is 0.122 e. The number of furan rings is 1. The average Bonchev–Trinajstić information content (AvgIpc) is 2.91. The molecule has 0 saturated heterocycles. The van der Waals surface area contributed by atoms with Gasteiger partial charge in [-0.15, -0.1) is 0 Å². The summed E-state index contributed by atoms with van der Waals surface area (Å²) in [4.78, 5) is 2.18. The van der Waals surface area contributed by atoms with Crippen molar-refractivity contribution >= 4 is 0 Å². The van der Waals surface area contributed by atoms with Gasteiger partial charge in [0.1, 0.15) is 5.76 Å². The van der Waals surface area contributed by atoms with E-state index in [0.29, 0.717) is 0 Å². The van der Waals surface area contributed by atoms with E-state index in [2.05, 4.69) is 56.4 Å². The zero-order valence-electron chi connectivity index (χ0n) is 12.8. The summed E-state index contributed by atoms with van der Waals surface area (Å²) in [6.07, 6.45) is 1.73. The van der Waals surface area contributed by atoms with Gasteiger partial charge < -0.3 is 9.73 Å². The molecule has 1 heterocycles. The van der Waals surface area contributed by atoms with Gasteiger partial charge in [-0.25, -0.2) is 0 Å². The summed E-state index contributed by atoms with van der Waals surface area (Å²) in [5.41, 5.74) is 4.01. The molecule has 0 aliphatic heterocycles. The lowest BCUT2D eigenvalue weighted by molar-refractivity contribution is 0.250. The molecular weight excluding hydrogens is 248 g/mol. The molecule has 3 nitrogen and oxygen atoms in total. The Labute approximate surface area is 121 Å². The van der Waals surface area contributed by atoms with Gasteiger partial charge in [-0.05, 0) is 51.2 Å². The number of nitrogens with zero attached hydrogens (tertiary/aromatic N) is 1. The van der Waals surface area contributed by atoms with Gasteiger partial charge in [-0.2, -0.15) is 0 Å². The number of benzene rings is 1. The Bertz CT molecular complexity index is 532. The highest BCUT2D eigenvalue weighted by Crippen LogP contribution is 2.18. The summed E-state index contributed by atoms with van der Waals surface area (Å²) in [6.45, 7) is 6.05. The molecule has 0 spiro atoms. The summed E-state index contributed by atoms with van der Waals surface area (Å²) in [6, 6.07) is 10.8. The highest BCUT2D eigenvalue weighted by atomic mass is 16.3. The van der Waals surface area contributed by atoms with Gasteiger partial charge in [-0.1, -0.05) is 23.8 Å². The van der Waals surface area contributed by atoms with Crippen LogP contribution in [0.15, 0.2) is 41.0 Å². The standard InChI is InChI=1S/C17H24N2O/c1-13-7-8-14(2)15(10-13)11-18-12-16(19(3)4)17-6-5-9-20-17/h5-10,16,18H,11-12H2,1-4H3. The molecule has 0 fully saturated rings. The Morgan fingerprint density at radius 1 is 1.20 bits per heavy atom. The molecule has 0 amide bonds. The molecule has 2 rings (SSSR count). The molecule has 0 aliphatic carbocycles. The highest BCUT2D eigenvalue weighted by Gasteiger charge is 2.16. The van der Waals surface area contributed by atoms with Crippen LogP contribution in [0.4, 0.5) is 0 Å². The third-order valence-corrected chi connectivity index (χ3v) is 3.65. The normalized spacial score (nSPS) is 12.8. The first kappa shape index (κ1) is 14.8. The fourth-order valence-corrected chi connectivity index (χ4v) is 2.35. The third kappa shape index (κ3) is 3.71. The fraction of sp³-hybridized carbons (Fsp3) is 0.412. The summed E-state index contributed by atoms with van der Waals surface area (Å²) in [5.74, 6) is 1.00. The SMILES string of the molecule is Cc1ccc(C)c(CNCC(c2ccco2)N(C)C)c1. The van der Waals surface area contributed by atoms with Crippen molar-refractivity contribution in [2.45, 2.75) is 26.4 Å². The minimum absolute atomic E-state index is 0.259. The highest BCUT2D eigenvalue weighted by molar-refractivity contribution is 5.30. The van der Waals surface area contributed by atoms with Crippen molar-refractivity contribution in [2.75, 3.05) is 20.6 Å². The summed E-state index contributed by atoms with van der Waals surface area (Å²) in [5, 5.41) is 3.54. The molecule has 20 heavy (non-hydrogen) atoms. The summed E-state index contributed by atoms with van der Waals surface area (Å²) >= 11 is 0. The largest absolute Gasteiger partial charge is 0.468 e. The van der Waals surface area contributed by atoms with Gasteiger partial charge in [0.15, 0.2) is 0 Å². The van der Waals surface area contributed by atoms with Crippen LogP contribution in [-0.2, 0) is 6.54 Å². The molecule has 1 aromatic heterocycles. The van der Waals surface area contributed by atoms with Gasteiger partial charge in [0.2, 0.25) is 0 Å². The van der Waals surface area contributed by atoms with Gasteiger partial charge in [0, 0.05) is 13.1 Å². The molecule has 1 aromatic carbocycles. The van der Waals surface area contributed by atoms with Gasteiger partial charge >= 0.3 is 0 Å². The van der Waals surface area contributed by atoms with E-state index < -0.39 is 0 Å². The quantitative estimate of drug-likeness (QED) is 0.874. The van der Waals surface area contributed by atoms with Crippen molar-refractivity contribution < 1.29 is 4.42 Å². The Hall–Kier alpha value is -1.58. The number of hydrogen-bond donors (Lipinski definition) is 1. The Balaban J connectivity index is 1.95. The Kier molecular flexibility index (Phi) is 4.99. The topological polar surface area (TPSA) is 28.4 Å². The lowest BCUT2D eigenvalue weighted by Crippen LogP contribution is -2.30. The van der Waals surface area contributed by atoms with E-state index in [-0.39, 0.29) is 6.04 Å². The zero-order valence-corrected chi connectivity index (χ0v) is 12.8. The lowest BCUT2D eigenvalue weighted by atomic mass is 10.1. The molecular formula is C17H24N2O. The van der Waals surface area contributed by atoms with Gasteiger partial charge in [-0.3, -0.25) is 4.90 Å². The Morgan fingerprint density at radius 2 is 2.00 bits per heavy atom. The van der Waals surface area contributed by atoms with E-state index in [1.807, 2.05) is 12.1 Å². The van der Waals surface area contributed by atoms with E-state index in [4.69, 9.17) is 4.42 Å². The molecule has 1 N–H and O–H groups in total. The van der Waals surface area contributed by atoms with Crippen LogP contribution in [0.1, 0.15) is 28.5 Å². The summed E-state index contributed by atoms with van der Waals surface area (Å²) < 4.78 is 5.52. The predicted octanol–water partition coefficient (Wildman–Crippen LogP) is 3.29. The van der Waals surface area contributed by atoms with Gasteiger partial charge in [0.25, 0.3) is 0 Å². The number of aryl methyl sites for hydroxylation is 2. The van der Waals surface area contributed by atoms with E-state index in [1.165, 1.54) is 16.7 Å². The predicted molar refractivity (Wildman–Crippen MR) is 82.8 cm³/mol. The number of hydrogen-bond acceptors (Lipinski definition) is 3. The number of likely N-dealkylation sites (N-methyl/N-ethyl adjacent to an activating group) is 1. The first-order chi connectivity index (χ1) is 9.58. The Morgan fingerprint density at radius 3 is 2.65 bits per heavy atom. The van der Waals surface area contributed by atoms with Crippen LogP contribution < -0.4 is 5.32 Å². The number of nitrogens with one attached hydrogen (secondary N) is 1. The molecule has 108 valence electrons. The van der Waals surface area contributed by atoms with Crippen LogP contribution >= 0.6 is 0 Å². The van der Waals surface area contributed by atoms with Crippen LogP contribution in [0.3, 0.4) is 0 Å². The lowest BCUT2D eigenvalue weighted by Gasteiger charge is -2.23. The van der Waals surface area contributed by atoms with Crippen molar-refractivity contribution in [2.24, 2.45) is 0 Å². The molecule has 0 bridgehead atoms. The molecule has 1 atom stereocenters. The fourth-order valence-electron chi connectivity index (χ4n) is 2.35. The van der Waals surface area contributed by atoms with Crippen LogP contribution in [0.25, 0.3) is 0 Å². The second-order valence-electron chi connectivity index (χ2n) is 5.56. The molecule has 2 aromatic rings. The number of rotatable bonds is 6. The second kappa shape index (κ2) is 6.73. The molecule has 3 heteroatoms. The van der Waals surface area contributed by atoms with Crippen LogP contribution in [-0.4, -0.2) is 25.5 Å². The minimum atomic E-state index is 0.259. The molecule has 0 aliphatic rings. The monoisotopic (exact) mass is 272 g/mol. The average molecular weight is 272 g/mol.